The number of carboxylic acids is 1. The van der Waals surface area contributed by atoms with Crippen molar-refractivity contribution in [2.75, 3.05) is 20.8 Å². The third-order valence-electron chi connectivity index (χ3n) is 3.95. The Bertz CT molecular complexity index is 547. The first-order chi connectivity index (χ1) is 10.0. The second-order valence-corrected chi connectivity index (χ2v) is 5.93. The molecular formula is C15H20BrNO4. The summed E-state index contributed by atoms with van der Waals surface area (Å²) in [4.78, 5) is 11.1. The number of methoxy groups -OCH3 is 2. The van der Waals surface area contributed by atoms with Crippen LogP contribution in [0.1, 0.15) is 30.5 Å². The van der Waals surface area contributed by atoms with E-state index in [0.717, 1.165) is 22.0 Å². The van der Waals surface area contributed by atoms with Crippen LogP contribution in [0, 0.1) is 5.92 Å². The third-order valence-corrected chi connectivity index (χ3v) is 4.53. The van der Waals surface area contributed by atoms with Gasteiger partial charge < -0.3 is 19.9 Å². The molecule has 1 aromatic rings. The molecule has 0 spiro atoms. The molecule has 0 aliphatic carbocycles. The number of hydrogen-bond donors (Lipinski definition) is 2. The van der Waals surface area contributed by atoms with Gasteiger partial charge in [0, 0.05) is 18.2 Å². The molecule has 5 nitrogen and oxygen atoms in total. The minimum Gasteiger partial charge on any atom is -0.493 e. The van der Waals surface area contributed by atoms with Crippen molar-refractivity contribution >= 4 is 21.9 Å². The number of hydrogen-bond acceptors (Lipinski definition) is 4. The van der Waals surface area contributed by atoms with Crippen LogP contribution in [-0.4, -0.2) is 31.8 Å². The molecule has 116 valence electrons. The van der Waals surface area contributed by atoms with E-state index < -0.39 is 5.97 Å². The van der Waals surface area contributed by atoms with Gasteiger partial charge in [0.05, 0.1) is 24.6 Å². The highest BCUT2D eigenvalue weighted by Crippen LogP contribution is 2.44. The average molecular weight is 358 g/mol. The lowest BCUT2D eigenvalue weighted by Gasteiger charge is -2.21. The zero-order valence-electron chi connectivity index (χ0n) is 12.4. The SMILES string of the molecule is CCc1c(C2CC(C(=O)O)CN2)cc(Br)c(OC)c1OC. The van der Waals surface area contributed by atoms with E-state index in [-0.39, 0.29) is 12.0 Å². The van der Waals surface area contributed by atoms with Crippen molar-refractivity contribution in [3.8, 4) is 11.5 Å². The smallest absolute Gasteiger partial charge is 0.307 e. The Morgan fingerprint density at radius 2 is 2.10 bits per heavy atom. The molecule has 0 bridgehead atoms. The zero-order chi connectivity index (χ0) is 15.6. The second kappa shape index (κ2) is 6.66. The second-order valence-electron chi connectivity index (χ2n) is 5.08. The Labute approximate surface area is 132 Å². The fraction of sp³-hybridized carbons (Fsp3) is 0.533. The molecule has 2 atom stereocenters. The van der Waals surface area contributed by atoms with Crippen LogP contribution in [0.25, 0.3) is 0 Å². The molecule has 1 heterocycles. The van der Waals surface area contributed by atoms with Gasteiger partial charge in [0.1, 0.15) is 0 Å². The topological polar surface area (TPSA) is 67.8 Å². The molecule has 2 N–H and O–H groups in total. The van der Waals surface area contributed by atoms with Crippen LogP contribution in [0.2, 0.25) is 0 Å². The van der Waals surface area contributed by atoms with Gasteiger partial charge in [0.15, 0.2) is 11.5 Å². The first kappa shape index (κ1) is 16.1. The monoisotopic (exact) mass is 357 g/mol. The van der Waals surface area contributed by atoms with E-state index in [1.807, 2.05) is 6.07 Å². The summed E-state index contributed by atoms with van der Waals surface area (Å²) in [6, 6.07) is 2.03. The maximum atomic E-state index is 11.1. The van der Waals surface area contributed by atoms with Gasteiger partial charge in [0.2, 0.25) is 0 Å². The third kappa shape index (κ3) is 3.01. The van der Waals surface area contributed by atoms with Gasteiger partial charge in [-0.05, 0) is 40.4 Å². The first-order valence-electron chi connectivity index (χ1n) is 6.92. The first-order valence-corrected chi connectivity index (χ1v) is 7.72. The van der Waals surface area contributed by atoms with Crippen LogP contribution in [0.4, 0.5) is 0 Å². The lowest BCUT2D eigenvalue weighted by atomic mass is 9.94. The largest absolute Gasteiger partial charge is 0.493 e. The molecule has 1 aromatic carbocycles. The quantitative estimate of drug-likeness (QED) is 0.847. The van der Waals surface area contributed by atoms with Crippen LogP contribution in [0.15, 0.2) is 10.5 Å². The Balaban J connectivity index is 2.44. The normalized spacial score (nSPS) is 21.3. The fourth-order valence-electron chi connectivity index (χ4n) is 2.91. The van der Waals surface area contributed by atoms with E-state index >= 15 is 0 Å². The molecule has 21 heavy (non-hydrogen) atoms. The Morgan fingerprint density at radius 1 is 1.43 bits per heavy atom. The standard InChI is InChI=1S/C15H20BrNO4/c1-4-9-10(12-5-8(7-17-12)15(18)19)6-11(16)14(21-3)13(9)20-2/h6,8,12,17H,4-5,7H2,1-3H3,(H,18,19). The molecule has 0 saturated carbocycles. The summed E-state index contributed by atoms with van der Waals surface area (Å²) in [5, 5.41) is 12.4. The lowest BCUT2D eigenvalue weighted by molar-refractivity contribution is -0.141. The highest BCUT2D eigenvalue weighted by Gasteiger charge is 2.32. The Kier molecular flexibility index (Phi) is 5.11. The van der Waals surface area contributed by atoms with Crippen molar-refractivity contribution in [3.63, 3.8) is 0 Å². The van der Waals surface area contributed by atoms with Gasteiger partial charge in [-0.15, -0.1) is 0 Å². The number of nitrogens with one attached hydrogen (secondary N) is 1. The number of rotatable bonds is 5. The van der Waals surface area contributed by atoms with Gasteiger partial charge in [-0.25, -0.2) is 0 Å². The molecule has 1 aliphatic rings. The Hall–Kier alpha value is -1.27. The number of halogens is 1. The predicted molar refractivity (Wildman–Crippen MR) is 83.1 cm³/mol. The van der Waals surface area contributed by atoms with Crippen molar-refractivity contribution in [2.24, 2.45) is 5.92 Å². The van der Waals surface area contributed by atoms with E-state index in [0.29, 0.717) is 24.5 Å². The van der Waals surface area contributed by atoms with Crippen molar-refractivity contribution in [3.05, 3.63) is 21.7 Å². The molecule has 2 unspecified atom stereocenters. The highest BCUT2D eigenvalue weighted by molar-refractivity contribution is 9.10. The van der Waals surface area contributed by atoms with Gasteiger partial charge >= 0.3 is 5.97 Å². The molecule has 2 rings (SSSR count). The van der Waals surface area contributed by atoms with Gasteiger partial charge in [-0.3, -0.25) is 4.79 Å². The summed E-state index contributed by atoms with van der Waals surface area (Å²) >= 11 is 3.50. The number of aliphatic carboxylic acids is 1. The maximum absolute atomic E-state index is 11.1. The van der Waals surface area contributed by atoms with Crippen LogP contribution in [-0.2, 0) is 11.2 Å². The van der Waals surface area contributed by atoms with Crippen molar-refractivity contribution in [1.82, 2.24) is 5.32 Å². The Morgan fingerprint density at radius 3 is 2.57 bits per heavy atom. The molecule has 1 fully saturated rings. The molecule has 0 radical (unpaired) electrons. The van der Waals surface area contributed by atoms with Gasteiger partial charge in [-0.1, -0.05) is 6.92 Å². The lowest BCUT2D eigenvalue weighted by Crippen LogP contribution is -2.18. The van der Waals surface area contributed by atoms with Crippen molar-refractivity contribution < 1.29 is 19.4 Å². The number of benzene rings is 1. The van der Waals surface area contributed by atoms with E-state index in [1.165, 1.54) is 0 Å². The van der Waals surface area contributed by atoms with Crippen molar-refractivity contribution in [2.45, 2.75) is 25.8 Å². The van der Waals surface area contributed by atoms with Crippen LogP contribution in [0.3, 0.4) is 0 Å². The minimum absolute atomic E-state index is 0.0251. The predicted octanol–water partition coefficient (Wildman–Crippen LogP) is 2.76. The van der Waals surface area contributed by atoms with Crippen LogP contribution < -0.4 is 14.8 Å². The zero-order valence-corrected chi connectivity index (χ0v) is 14.0. The van der Waals surface area contributed by atoms with E-state index in [9.17, 15) is 4.79 Å². The average Bonchev–Trinajstić information content (AvgIpc) is 2.95. The molecule has 1 aliphatic heterocycles. The van der Waals surface area contributed by atoms with Crippen LogP contribution in [0.5, 0.6) is 11.5 Å². The van der Waals surface area contributed by atoms with Crippen LogP contribution >= 0.6 is 15.9 Å². The van der Waals surface area contributed by atoms with E-state index in [2.05, 4.69) is 28.2 Å². The number of carboxylic acid groups (broad SMARTS) is 1. The van der Waals surface area contributed by atoms with Crippen molar-refractivity contribution in [1.29, 1.82) is 0 Å². The molecule has 1 saturated heterocycles. The van der Waals surface area contributed by atoms with E-state index in [1.54, 1.807) is 14.2 Å². The summed E-state index contributed by atoms with van der Waals surface area (Å²) in [5.74, 6) is 0.296. The summed E-state index contributed by atoms with van der Waals surface area (Å²) in [5.41, 5.74) is 2.13. The maximum Gasteiger partial charge on any atom is 0.307 e. The minimum atomic E-state index is -0.748. The molecule has 6 heteroatoms. The van der Waals surface area contributed by atoms with Gasteiger partial charge in [0.25, 0.3) is 0 Å². The molecule has 0 aromatic heterocycles. The summed E-state index contributed by atoms with van der Waals surface area (Å²) in [6.07, 6.45) is 1.38. The van der Waals surface area contributed by atoms with E-state index in [4.69, 9.17) is 14.6 Å². The molecular weight excluding hydrogens is 338 g/mol. The number of carbonyl (C=O) groups is 1. The number of ether oxygens (including phenoxy) is 2. The summed E-state index contributed by atoms with van der Waals surface area (Å²) in [7, 11) is 3.23. The molecule has 0 amide bonds. The summed E-state index contributed by atoms with van der Waals surface area (Å²) in [6.45, 7) is 2.55. The fourth-order valence-corrected chi connectivity index (χ4v) is 3.50. The van der Waals surface area contributed by atoms with Gasteiger partial charge in [-0.2, -0.15) is 0 Å². The highest BCUT2D eigenvalue weighted by atomic mass is 79.9. The summed E-state index contributed by atoms with van der Waals surface area (Å²) < 4.78 is 11.7.